The third-order valence-electron chi connectivity index (χ3n) is 3.36. The number of methoxy groups -OCH3 is 1. The number of carbonyl (C=O) groups excluding carboxylic acids is 1. The number of amidine groups is 1. The Balaban J connectivity index is 1.76. The van der Waals surface area contributed by atoms with Gasteiger partial charge in [-0.3, -0.25) is 4.79 Å². The minimum absolute atomic E-state index is 0.265. The molecule has 0 bridgehead atoms. The number of aliphatic imine (C=N–C) groups is 1. The van der Waals surface area contributed by atoms with Crippen LogP contribution in [-0.2, 0) is 11.4 Å². The zero-order valence-electron chi connectivity index (χ0n) is 13.1. The van der Waals surface area contributed by atoms with Crippen molar-refractivity contribution in [2.24, 2.45) is 10.7 Å². The number of thioether (sulfide) groups is 1. The smallest absolute Gasteiger partial charge is 0.286 e. The van der Waals surface area contributed by atoms with E-state index in [9.17, 15) is 4.79 Å². The van der Waals surface area contributed by atoms with E-state index in [-0.39, 0.29) is 11.1 Å². The van der Waals surface area contributed by atoms with Crippen molar-refractivity contribution >= 4 is 28.9 Å². The van der Waals surface area contributed by atoms with Crippen LogP contribution in [0.15, 0.2) is 58.4 Å². The molecule has 0 saturated carbocycles. The van der Waals surface area contributed by atoms with E-state index in [2.05, 4.69) is 4.99 Å². The molecule has 2 N–H and O–H groups in total. The van der Waals surface area contributed by atoms with Crippen LogP contribution in [0.5, 0.6) is 11.5 Å². The lowest BCUT2D eigenvalue weighted by Crippen LogP contribution is -2.01. The van der Waals surface area contributed by atoms with Crippen molar-refractivity contribution in [3.05, 3.63) is 64.6 Å². The van der Waals surface area contributed by atoms with Gasteiger partial charge >= 0.3 is 0 Å². The molecular weight excluding hydrogens is 324 g/mol. The fourth-order valence-electron chi connectivity index (χ4n) is 2.21. The zero-order valence-corrected chi connectivity index (χ0v) is 13.9. The number of ether oxygens (including phenoxy) is 2. The third kappa shape index (κ3) is 3.78. The number of hydrogen-bond acceptors (Lipinski definition) is 5. The monoisotopic (exact) mass is 340 g/mol. The zero-order chi connectivity index (χ0) is 16.9. The van der Waals surface area contributed by atoms with Crippen LogP contribution in [0.1, 0.15) is 11.1 Å². The van der Waals surface area contributed by atoms with E-state index in [1.165, 1.54) is 0 Å². The van der Waals surface area contributed by atoms with Gasteiger partial charge in [-0.05, 0) is 41.1 Å². The summed E-state index contributed by atoms with van der Waals surface area (Å²) in [6.07, 6.45) is 1.74. The van der Waals surface area contributed by atoms with Crippen LogP contribution in [0.4, 0.5) is 0 Å². The Kier molecular flexibility index (Phi) is 4.86. The predicted molar refractivity (Wildman–Crippen MR) is 96.0 cm³/mol. The van der Waals surface area contributed by atoms with Crippen molar-refractivity contribution in [1.29, 1.82) is 0 Å². The first-order valence-corrected chi connectivity index (χ1v) is 8.10. The van der Waals surface area contributed by atoms with Crippen molar-refractivity contribution < 1.29 is 14.3 Å². The summed E-state index contributed by atoms with van der Waals surface area (Å²) < 4.78 is 11.2. The molecule has 122 valence electrons. The molecule has 0 radical (unpaired) electrons. The summed E-state index contributed by atoms with van der Waals surface area (Å²) in [4.78, 5) is 15.8. The molecule has 1 heterocycles. The SMILES string of the molecule is COc1cc(/C=C2/SC(N)=NC2=O)ccc1OCc1ccccc1. The Labute approximate surface area is 144 Å². The molecule has 24 heavy (non-hydrogen) atoms. The molecule has 1 aliphatic rings. The lowest BCUT2D eigenvalue weighted by molar-refractivity contribution is -0.113. The quantitative estimate of drug-likeness (QED) is 0.846. The Bertz CT molecular complexity index is 816. The minimum atomic E-state index is -0.319. The highest BCUT2D eigenvalue weighted by Gasteiger charge is 2.19. The van der Waals surface area contributed by atoms with Gasteiger partial charge in [0.05, 0.1) is 12.0 Å². The fraction of sp³-hybridized carbons (Fsp3) is 0.111. The number of nitrogens with zero attached hydrogens (tertiary/aromatic N) is 1. The van der Waals surface area contributed by atoms with Crippen LogP contribution in [0.25, 0.3) is 6.08 Å². The molecule has 2 aromatic carbocycles. The number of hydrogen-bond donors (Lipinski definition) is 1. The Hall–Kier alpha value is -2.73. The van der Waals surface area contributed by atoms with E-state index < -0.39 is 0 Å². The van der Waals surface area contributed by atoms with Gasteiger partial charge in [0.25, 0.3) is 5.91 Å². The van der Waals surface area contributed by atoms with Gasteiger partial charge in [0.2, 0.25) is 0 Å². The largest absolute Gasteiger partial charge is 0.493 e. The molecule has 1 amide bonds. The average molecular weight is 340 g/mol. The van der Waals surface area contributed by atoms with Gasteiger partial charge in [-0.15, -0.1) is 0 Å². The summed E-state index contributed by atoms with van der Waals surface area (Å²) in [5, 5.41) is 0.265. The van der Waals surface area contributed by atoms with Crippen LogP contribution in [0, 0.1) is 0 Å². The van der Waals surface area contributed by atoms with Gasteiger partial charge < -0.3 is 15.2 Å². The highest BCUT2D eigenvalue weighted by molar-refractivity contribution is 8.18. The lowest BCUT2D eigenvalue weighted by Gasteiger charge is -2.11. The maximum atomic E-state index is 11.7. The molecule has 0 aliphatic carbocycles. The maximum Gasteiger partial charge on any atom is 0.286 e. The van der Waals surface area contributed by atoms with E-state index in [0.717, 1.165) is 22.9 Å². The normalized spacial score (nSPS) is 15.5. The molecule has 6 heteroatoms. The standard InChI is InChI=1S/C18H16N2O3S/c1-22-15-9-13(10-16-17(21)20-18(19)24-16)7-8-14(15)23-11-12-5-3-2-4-6-12/h2-10H,11H2,1H3,(H2,19,20,21)/b16-10+. The van der Waals surface area contributed by atoms with Gasteiger partial charge in [-0.2, -0.15) is 4.99 Å². The molecule has 0 atom stereocenters. The predicted octanol–water partition coefficient (Wildman–Crippen LogP) is 3.20. The molecule has 0 saturated heterocycles. The van der Waals surface area contributed by atoms with Crippen LogP contribution in [-0.4, -0.2) is 18.2 Å². The number of nitrogens with two attached hydrogens (primary N) is 1. The van der Waals surface area contributed by atoms with E-state index in [1.807, 2.05) is 48.5 Å². The van der Waals surface area contributed by atoms with Crippen LogP contribution < -0.4 is 15.2 Å². The second kappa shape index (κ2) is 7.23. The van der Waals surface area contributed by atoms with Gasteiger partial charge in [0.15, 0.2) is 16.7 Å². The Morgan fingerprint density at radius 3 is 2.62 bits per heavy atom. The topological polar surface area (TPSA) is 73.9 Å². The fourth-order valence-corrected chi connectivity index (χ4v) is 2.89. The lowest BCUT2D eigenvalue weighted by atomic mass is 10.2. The summed E-state index contributed by atoms with van der Waals surface area (Å²) in [6, 6.07) is 15.4. The first-order valence-electron chi connectivity index (χ1n) is 7.28. The van der Waals surface area contributed by atoms with E-state index in [0.29, 0.717) is 23.0 Å². The van der Waals surface area contributed by atoms with Crippen molar-refractivity contribution in [2.75, 3.05) is 7.11 Å². The highest BCUT2D eigenvalue weighted by atomic mass is 32.2. The van der Waals surface area contributed by atoms with Crippen LogP contribution in [0.3, 0.4) is 0 Å². The first kappa shape index (κ1) is 16.1. The molecule has 0 spiro atoms. The summed E-state index contributed by atoms with van der Waals surface area (Å²) in [5.41, 5.74) is 7.45. The average Bonchev–Trinajstić information content (AvgIpc) is 2.91. The van der Waals surface area contributed by atoms with Crippen LogP contribution >= 0.6 is 11.8 Å². The molecule has 2 aromatic rings. The Morgan fingerprint density at radius 2 is 1.96 bits per heavy atom. The molecule has 3 rings (SSSR count). The first-order chi connectivity index (χ1) is 11.7. The van der Waals surface area contributed by atoms with E-state index in [4.69, 9.17) is 15.2 Å². The summed E-state index contributed by atoms with van der Waals surface area (Å²) in [7, 11) is 1.58. The molecule has 5 nitrogen and oxygen atoms in total. The highest BCUT2D eigenvalue weighted by Crippen LogP contribution is 2.32. The van der Waals surface area contributed by atoms with E-state index >= 15 is 0 Å². The number of benzene rings is 2. The van der Waals surface area contributed by atoms with Gasteiger partial charge in [-0.1, -0.05) is 36.4 Å². The molecular formula is C18H16N2O3S. The van der Waals surface area contributed by atoms with Crippen molar-refractivity contribution in [3.63, 3.8) is 0 Å². The molecule has 0 aromatic heterocycles. The van der Waals surface area contributed by atoms with Crippen molar-refractivity contribution in [1.82, 2.24) is 0 Å². The van der Waals surface area contributed by atoms with Crippen molar-refractivity contribution in [2.45, 2.75) is 6.61 Å². The summed E-state index contributed by atoms with van der Waals surface area (Å²) in [6.45, 7) is 0.455. The molecule has 0 unspecified atom stereocenters. The van der Waals surface area contributed by atoms with Gasteiger partial charge in [-0.25, -0.2) is 0 Å². The van der Waals surface area contributed by atoms with Gasteiger partial charge in [0.1, 0.15) is 6.61 Å². The summed E-state index contributed by atoms with van der Waals surface area (Å²) in [5.74, 6) is 0.926. The minimum Gasteiger partial charge on any atom is -0.493 e. The Morgan fingerprint density at radius 1 is 1.17 bits per heavy atom. The number of rotatable bonds is 5. The number of carbonyl (C=O) groups is 1. The molecule has 1 aliphatic heterocycles. The van der Waals surface area contributed by atoms with Gasteiger partial charge in [0, 0.05) is 0 Å². The second-order valence-electron chi connectivity index (χ2n) is 5.05. The van der Waals surface area contributed by atoms with Crippen molar-refractivity contribution in [3.8, 4) is 11.5 Å². The summed E-state index contributed by atoms with van der Waals surface area (Å²) >= 11 is 1.16. The van der Waals surface area contributed by atoms with Crippen LogP contribution in [0.2, 0.25) is 0 Å². The molecule has 0 fully saturated rings. The van der Waals surface area contributed by atoms with E-state index in [1.54, 1.807) is 13.2 Å². The third-order valence-corrected chi connectivity index (χ3v) is 4.17. The maximum absolute atomic E-state index is 11.7. The number of amides is 1. The second-order valence-corrected chi connectivity index (χ2v) is 6.11.